The number of ether oxygens (including phenoxy) is 2. The predicted molar refractivity (Wildman–Crippen MR) is 111 cm³/mol. The second-order valence-corrected chi connectivity index (χ2v) is 7.85. The van der Waals surface area contributed by atoms with E-state index in [-0.39, 0.29) is 18.2 Å². The fraction of sp³-hybridized carbons (Fsp3) is 0.364. The fourth-order valence-electron chi connectivity index (χ4n) is 4.15. The number of anilines is 1. The molecule has 29 heavy (non-hydrogen) atoms. The highest BCUT2D eigenvalue weighted by molar-refractivity contribution is 6.31. The van der Waals surface area contributed by atoms with Crippen LogP contribution in [0, 0.1) is 6.92 Å². The molecule has 1 fully saturated rings. The normalized spacial score (nSPS) is 19.4. The minimum absolute atomic E-state index is 0.174. The SMILES string of the molecule is COc1cc2c(cc1OC)CN(C1CC(=O)N(c3cc(Cl)ccc3C)C1=O)CC2. The average Bonchev–Trinajstić information content (AvgIpc) is 3.02. The van der Waals surface area contributed by atoms with Gasteiger partial charge in [0.1, 0.15) is 0 Å². The molecule has 0 radical (unpaired) electrons. The summed E-state index contributed by atoms with van der Waals surface area (Å²) in [5, 5.41) is 0.502. The molecule has 0 aliphatic carbocycles. The number of carbonyl (C=O) groups is 2. The molecule has 0 N–H and O–H groups in total. The maximum atomic E-state index is 13.2. The molecule has 2 aromatic carbocycles. The van der Waals surface area contributed by atoms with Crippen molar-refractivity contribution in [3.8, 4) is 11.5 Å². The molecule has 2 aliphatic rings. The van der Waals surface area contributed by atoms with Crippen LogP contribution in [0.2, 0.25) is 5.02 Å². The van der Waals surface area contributed by atoms with Gasteiger partial charge in [-0.25, -0.2) is 4.90 Å². The third-order valence-corrected chi connectivity index (χ3v) is 5.96. The van der Waals surface area contributed by atoms with Crippen molar-refractivity contribution in [2.75, 3.05) is 25.7 Å². The molecular formula is C22H23ClN2O4. The molecule has 0 bridgehead atoms. The first kappa shape index (κ1) is 19.7. The van der Waals surface area contributed by atoms with Crippen LogP contribution in [0.4, 0.5) is 5.69 Å². The lowest BCUT2D eigenvalue weighted by atomic mass is 9.97. The first-order valence-electron chi connectivity index (χ1n) is 9.53. The van der Waals surface area contributed by atoms with Crippen LogP contribution in [0.5, 0.6) is 11.5 Å². The van der Waals surface area contributed by atoms with Crippen molar-refractivity contribution in [2.45, 2.75) is 32.4 Å². The number of amides is 2. The van der Waals surface area contributed by atoms with Gasteiger partial charge in [-0.2, -0.15) is 0 Å². The van der Waals surface area contributed by atoms with Crippen molar-refractivity contribution in [1.29, 1.82) is 0 Å². The molecule has 4 rings (SSSR count). The summed E-state index contributed by atoms with van der Waals surface area (Å²) < 4.78 is 10.8. The first-order valence-corrected chi connectivity index (χ1v) is 9.91. The van der Waals surface area contributed by atoms with Crippen LogP contribution in [0.3, 0.4) is 0 Å². The molecule has 152 valence electrons. The summed E-state index contributed by atoms with van der Waals surface area (Å²) in [5.41, 5.74) is 3.68. The van der Waals surface area contributed by atoms with E-state index in [1.54, 1.807) is 26.4 Å². The summed E-state index contributed by atoms with van der Waals surface area (Å²) in [7, 11) is 3.23. The van der Waals surface area contributed by atoms with Crippen LogP contribution in [-0.2, 0) is 22.6 Å². The van der Waals surface area contributed by atoms with Gasteiger partial charge in [0.05, 0.1) is 32.4 Å². The van der Waals surface area contributed by atoms with Gasteiger partial charge < -0.3 is 9.47 Å². The Hall–Kier alpha value is -2.57. The van der Waals surface area contributed by atoms with Gasteiger partial charge in [0.25, 0.3) is 5.91 Å². The highest BCUT2D eigenvalue weighted by atomic mass is 35.5. The Morgan fingerprint density at radius 1 is 1.03 bits per heavy atom. The number of halogens is 1. The van der Waals surface area contributed by atoms with E-state index in [4.69, 9.17) is 21.1 Å². The quantitative estimate of drug-likeness (QED) is 0.718. The van der Waals surface area contributed by atoms with Gasteiger partial charge in [-0.15, -0.1) is 0 Å². The number of rotatable bonds is 4. The summed E-state index contributed by atoms with van der Waals surface area (Å²) in [5.74, 6) is 0.986. The van der Waals surface area contributed by atoms with E-state index in [0.717, 1.165) is 17.5 Å². The van der Waals surface area contributed by atoms with Crippen molar-refractivity contribution >= 4 is 29.1 Å². The van der Waals surface area contributed by atoms with Gasteiger partial charge >= 0.3 is 0 Å². The Bertz CT molecular complexity index is 991. The summed E-state index contributed by atoms with van der Waals surface area (Å²) in [4.78, 5) is 29.3. The molecule has 2 aliphatic heterocycles. The Morgan fingerprint density at radius 3 is 2.41 bits per heavy atom. The zero-order valence-electron chi connectivity index (χ0n) is 16.7. The Balaban J connectivity index is 1.60. The highest BCUT2D eigenvalue weighted by Gasteiger charge is 2.43. The number of nitrogens with zero attached hydrogens (tertiary/aromatic N) is 2. The number of fused-ring (bicyclic) bond motifs is 1. The Morgan fingerprint density at radius 2 is 1.72 bits per heavy atom. The lowest BCUT2D eigenvalue weighted by molar-refractivity contribution is -0.123. The summed E-state index contributed by atoms with van der Waals surface area (Å²) in [6.07, 6.45) is 0.956. The Labute approximate surface area is 174 Å². The molecule has 1 unspecified atom stereocenters. The molecule has 1 saturated heterocycles. The summed E-state index contributed by atoms with van der Waals surface area (Å²) in [6.45, 7) is 3.16. The average molecular weight is 415 g/mol. The predicted octanol–water partition coefficient (Wildman–Crippen LogP) is 3.36. The van der Waals surface area contributed by atoms with Gasteiger partial charge in [0, 0.05) is 18.1 Å². The van der Waals surface area contributed by atoms with Crippen molar-refractivity contribution < 1.29 is 19.1 Å². The molecule has 1 atom stereocenters. The van der Waals surface area contributed by atoms with Crippen LogP contribution in [0.15, 0.2) is 30.3 Å². The van der Waals surface area contributed by atoms with Crippen molar-refractivity contribution in [1.82, 2.24) is 4.90 Å². The Kier molecular flexibility index (Phi) is 5.23. The van der Waals surface area contributed by atoms with E-state index in [1.165, 1.54) is 10.5 Å². The fourth-order valence-corrected chi connectivity index (χ4v) is 4.32. The van der Waals surface area contributed by atoms with E-state index in [0.29, 0.717) is 35.3 Å². The second kappa shape index (κ2) is 7.69. The van der Waals surface area contributed by atoms with E-state index in [9.17, 15) is 9.59 Å². The van der Waals surface area contributed by atoms with E-state index in [1.807, 2.05) is 25.1 Å². The molecular weight excluding hydrogens is 392 g/mol. The van der Waals surface area contributed by atoms with Crippen molar-refractivity contribution in [3.63, 3.8) is 0 Å². The number of aryl methyl sites for hydroxylation is 1. The third kappa shape index (κ3) is 3.47. The number of hydrogen-bond acceptors (Lipinski definition) is 5. The van der Waals surface area contributed by atoms with Crippen LogP contribution < -0.4 is 14.4 Å². The van der Waals surface area contributed by atoms with Crippen molar-refractivity contribution in [3.05, 3.63) is 52.0 Å². The monoisotopic (exact) mass is 414 g/mol. The molecule has 0 spiro atoms. The third-order valence-electron chi connectivity index (χ3n) is 5.72. The zero-order chi connectivity index (χ0) is 20.7. The van der Waals surface area contributed by atoms with Gasteiger partial charge in [-0.1, -0.05) is 17.7 Å². The number of benzene rings is 2. The van der Waals surface area contributed by atoms with Crippen LogP contribution in [0.1, 0.15) is 23.1 Å². The van der Waals surface area contributed by atoms with Gasteiger partial charge in [0.15, 0.2) is 11.5 Å². The molecule has 7 heteroatoms. The lowest BCUT2D eigenvalue weighted by Gasteiger charge is -2.32. The van der Waals surface area contributed by atoms with Crippen LogP contribution >= 0.6 is 11.6 Å². The van der Waals surface area contributed by atoms with E-state index >= 15 is 0 Å². The zero-order valence-corrected chi connectivity index (χ0v) is 17.5. The second-order valence-electron chi connectivity index (χ2n) is 7.41. The van der Waals surface area contributed by atoms with Gasteiger partial charge in [-0.05, 0) is 54.3 Å². The van der Waals surface area contributed by atoms with Gasteiger partial charge in [0.2, 0.25) is 5.91 Å². The van der Waals surface area contributed by atoms with Crippen LogP contribution in [0.25, 0.3) is 0 Å². The summed E-state index contributed by atoms with van der Waals surface area (Å²) in [6, 6.07) is 8.74. The van der Waals surface area contributed by atoms with Crippen LogP contribution in [-0.4, -0.2) is 43.5 Å². The maximum Gasteiger partial charge on any atom is 0.251 e. The van der Waals surface area contributed by atoms with E-state index in [2.05, 4.69) is 4.90 Å². The smallest absolute Gasteiger partial charge is 0.251 e. The first-order chi connectivity index (χ1) is 13.9. The molecule has 0 saturated carbocycles. The van der Waals surface area contributed by atoms with Gasteiger partial charge in [-0.3, -0.25) is 14.5 Å². The molecule has 2 amide bonds. The summed E-state index contributed by atoms with van der Waals surface area (Å²) >= 11 is 6.10. The lowest BCUT2D eigenvalue weighted by Crippen LogP contribution is -2.44. The minimum atomic E-state index is -0.470. The number of carbonyl (C=O) groups excluding carboxylic acids is 2. The van der Waals surface area contributed by atoms with Crippen molar-refractivity contribution in [2.24, 2.45) is 0 Å². The van der Waals surface area contributed by atoms with E-state index < -0.39 is 6.04 Å². The highest BCUT2D eigenvalue weighted by Crippen LogP contribution is 2.36. The largest absolute Gasteiger partial charge is 0.493 e. The molecule has 0 aromatic heterocycles. The standard InChI is InChI=1S/C22H23ClN2O4/c1-13-4-5-16(23)10-17(13)25-21(26)11-18(22(25)27)24-7-6-14-8-19(28-2)20(29-3)9-15(14)12-24/h4-5,8-10,18H,6-7,11-12H2,1-3H3. The molecule has 2 heterocycles. The maximum absolute atomic E-state index is 13.2. The topological polar surface area (TPSA) is 59.1 Å². The number of imide groups is 1. The number of methoxy groups -OCH3 is 2. The molecule has 2 aromatic rings. The molecule has 6 nitrogen and oxygen atoms in total. The number of hydrogen-bond donors (Lipinski definition) is 0. The minimum Gasteiger partial charge on any atom is -0.493 e.